The zero-order chi connectivity index (χ0) is 15.0. The summed E-state index contributed by atoms with van der Waals surface area (Å²) in [5.41, 5.74) is 4.35. The largest absolute Gasteiger partial charge is 0.380 e. The van der Waals surface area contributed by atoms with Crippen LogP contribution in [0.1, 0.15) is 23.2 Å². The lowest BCUT2D eigenvalue weighted by Gasteiger charge is -2.36. The van der Waals surface area contributed by atoms with Crippen molar-refractivity contribution in [3.63, 3.8) is 0 Å². The summed E-state index contributed by atoms with van der Waals surface area (Å²) in [5, 5.41) is 13.1. The van der Waals surface area contributed by atoms with Crippen LogP contribution in [0.5, 0.6) is 0 Å². The second-order valence-corrected chi connectivity index (χ2v) is 6.31. The fourth-order valence-corrected chi connectivity index (χ4v) is 3.38. The van der Waals surface area contributed by atoms with Crippen LogP contribution in [-0.2, 0) is 4.79 Å². The summed E-state index contributed by atoms with van der Waals surface area (Å²) >= 11 is 1.64. The lowest BCUT2D eigenvalue weighted by atomic mass is 9.90. The number of benzene rings is 1. The van der Waals surface area contributed by atoms with Gasteiger partial charge in [0.05, 0.1) is 0 Å². The fourth-order valence-electron chi connectivity index (χ4n) is 2.61. The number of carbonyl (C=O) groups is 2. The zero-order valence-corrected chi connectivity index (χ0v) is 12.2. The molecule has 0 bridgehead atoms. The number of amides is 2. The van der Waals surface area contributed by atoms with E-state index in [1.54, 1.807) is 16.2 Å². The molecule has 5 nitrogen and oxygen atoms in total. The van der Waals surface area contributed by atoms with Crippen molar-refractivity contribution in [2.24, 2.45) is 5.73 Å². The standard InChI is InChI=1S/C15H16N2O3S/c16-14(19)15(20)4-6-17(7-5-15)13(18)11-1-2-12-10(9-11)3-8-21-12/h1-3,8-9,20H,4-7H2,(H2,16,19). The van der Waals surface area contributed by atoms with E-state index in [-0.39, 0.29) is 18.7 Å². The molecule has 1 aromatic carbocycles. The predicted octanol–water partition coefficient (Wildman–Crippen LogP) is 1.35. The van der Waals surface area contributed by atoms with E-state index in [1.807, 2.05) is 29.6 Å². The highest BCUT2D eigenvalue weighted by Gasteiger charge is 2.38. The maximum absolute atomic E-state index is 12.5. The Labute approximate surface area is 126 Å². The number of carbonyl (C=O) groups excluding carboxylic acids is 2. The Hall–Kier alpha value is -1.92. The number of hydrogen-bond acceptors (Lipinski definition) is 4. The predicted molar refractivity (Wildman–Crippen MR) is 81.1 cm³/mol. The van der Waals surface area contributed by atoms with Gasteiger partial charge in [-0.2, -0.15) is 0 Å². The monoisotopic (exact) mass is 304 g/mol. The maximum Gasteiger partial charge on any atom is 0.253 e. The van der Waals surface area contributed by atoms with Gasteiger partial charge in [0.1, 0.15) is 5.60 Å². The molecule has 1 aliphatic rings. The first-order valence-electron chi connectivity index (χ1n) is 6.78. The van der Waals surface area contributed by atoms with Crippen LogP contribution in [0.4, 0.5) is 0 Å². The number of rotatable bonds is 2. The first-order chi connectivity index (χ1) is 9.99. The molecule has 2 amide bonds. The molecular formula is C15H16N2O3S. The zero-order valence-electron chi connectivity index (χ0n) is 11.4. The van der Waals surface area contributed by atoms with E-state index in [4.69, 9.17) is 5.73 Å². The topological polar surface area (TPSA) is 83.6 Å². The molecule has 0 unspecified atom stereocenters. The third-order valence-electron chi connectivity index (χ3n) is 4.04. The van der Waals surface area contributed by atoms with Gasteiger partial charge in [-0.25, -0.2) is 0 Å². The summed E-state index contributed by atoms with van der Waals surface area (Å²) in [6.45, 7) is 0.667. The van der Waals surface area contributed by atoms with Gasteiger partial charge < -0.3 is 15.7 Å². The average Bonchev–Trinajstić information content (AvgIpc) is 2.94. The average molecular weight is 304 g/mol. The Morgan fingerprint density at radius 3 is 2.62 bits per heavy atom. The Morgan fingerprint density at radius 1 is 1.24 bits per heavy atom. The minimum atomic E-state index is -1.48. The van der Waals surface area contributed by atoms with Crippen LogP contribution in [0.15, 0.2) is 29.6 Å². The Morgan fingerprint density at radius 2 is 1.95 bits per heavy atom. The SMILES string of the molecule is NC(=O)C1(O)CCN(C(=O)c2ccc3sccc3c2)CC1. The number of thiophene rings is 1. The molecule has 2 heterocycles. The van der Waals surface area contributed by atoms with E-state index in [2.05, 4.69) is 0 Å². The van der Waals surface area contributed by atoms with Crippen molar-refractivity contribution in [1.82, 2.24) is 4.90 Å². The quantitative estimate of drug-likeness (QED) is 0.878. The summed E-state index contributed by atoms with van der Waals surface area (Å²) in [4.78, 5) is 25.3. The first kappa shape index (κ1) is 14.0. The third kappa shape index (κ3) is 2.52. The lowest BCUT2D eigenvalue weighted by Crippen LogP contribution is -2.53. The fraction of sp³-hybridized carbons (Fsp3) is 0.333. The molecule has 110 valence electrons. The molecular weight excluding hydrogens is 288 g/mol. The summed E-state index contributed by atoms with van der Waals surface area (Å²) in [7, 11) is 0. The van der Waals surface area contributed by atoms with Gasteiger partial charge in [0.15, 0.2) is 0 Å². The molecule has 0 saturated carbocycles. The second kappa shape index (κ2) is 5.13. The number of piperidine rings is 1. The van der Waals surface area contributed by atoms with Crippen LogP contribution in [0.25, 0.3) is 10.1 Å². The number of hydrogen-bond donors (Lipinski definition) is 2. The Balaban J connectivity index is 1.76. The molecule has 1 aliphatic heterocycles. The molecule has 3 rings (SSSR count). The van der Waals surface area contributed by atoms with Gasteiger partial charge in [-0.1, -0.05) is 0 Å². The van der Waals surface area contributed by atoms with Gasteiger partial charge in [-0.05, 0) is 35.0 Å². The van der Waals surface area contributed by atoms with Gasteiger partial charge in [0.2, 0.25) is 5.91 Å². The highest BCUT2D eigenvalue weighted by Crippen LogP contribution is 2.25. The van der Waals surface area contributed by atoms with Gasteiger partial charge in [-0.15, -0.1) is 11.3 Å². The summed E-state index contributed by atoms with van der Waals surface area (Å²) in [5.74, 6) is -0.788. The summed E-state index contributed by atoms with van der Waals surface area (Å²) < 4.78 is 1.15. The molecule has 1 saturated heterocycles. The number of aliphatic hydroxyl groups is 1. The van der Waals surface area contributed by atoms with Crippen LogP contribution < -0.4 is 5.73 Å². The molecule has 2 aromatic rings. The molecule has 0 atom stereocenters. The molecule has 6 heteroatoms. The van der Waals surface area contributed by atoms with Gasteiger partial charge in [0.25, 0.3) is 5.91 Å². The van der Waals surface area contributed by atoms with Crippen molar-refractivity contribution >= 4 is 33.2 Å². The number of primary amides is 1. The molecule has 1 fully saturated rings. The summed E-state index contributed by atoms with van der Waals surface area (Å²) in [6, 6.07) is 7.62. The third-order valence-corrected chi connectivity index (χ3v) is 4.93. The highest BCUT2D eigenvalue weighted by atomic mass is 32.1. The Bertz CT molecular complexity index is 702. The minimum Gasteiger partial charge on any atom is -0.380 e. The number of nitrogens with two attached hydrogens (primary N) is 1. The molecule has 0 radical (unpaired) electrons. The van der Waals surface area contributed by atoms with Crippen LogP contribution >= 0.6 is 11.3 Å². The van der Waals surface area contributed by atoms with Gasteiger partial charge >= 0.3 is 0 Å². The van der Waals surface area contributed by atoms with Gasteiger partial charge in [-0.3, -0.25) is 9.59 Å². The van der Waals surface area contributed by atoms with E-state index >= 15 is 0 Å². The van der Waals surface area contributed by atoms with Crippen molar-refractivity contribution in [3.05, 3.63) is 35.2 Å². The first-order valence-corrected chi connectivity index (χ1v) is 7.66. The van der Waals surface area contributed by atoms with Crippen molar-refractivity contribution in [2.45, 2.75) is 18.4 Å². The molecule has 3 N–H and O–H groups in total. The number of fused-ring (bicyclic) bond motifs is 1. The van der Waals surface area contributed by atoms with Crippen molar-refractivity contribution in [2.75, 3.05) is 13.1 Å². The molecule has 21 heavy (non-hydrogen) atoms. The van der Waals surface area contributed by atoms with Crippen LogP contribution in [0.2, 0.25) is 0 Å². The van der Waals surface area contributed by atoms with E-state index < -0.39 is 11.5 Å². The van der Waals surface area contributed by atoms with E-state index in [0.29, 0.717) is 18.7 Å². The normalized spacial score (nSPS) is 17.9. The van der Waals surface area contributed by atoms with Crippen molar-refractivity contribution < 1.29 is 14.7 Å². The van der Waals surface area contributed by atoms with E-state index in [0.717, 1.165) is 10.1 Å². The van der Waals surface area contributed by atoms with Crippen LogP contribution in [0, 0.1) is 0 Å². The smallest absolute Gasteiger partial charge is 0.253 e. The van der Waals surface area contributed by atoms with Crippen molar-refractivity contribution in [1.29, 1.82) is 0 Å². The lowest BCUT2D eigenvalue weighted by molar-refractivity contribution is -0.140. The van der Waals surface area contributed by atoms with E-state index in [1.165, 1.54) is 0 Å². The van der Waals surface area contributed by atoms with Gasteiger partial charge in [0, 0.05) is 36.2 Å². The van der Waals surface area contributed by atoms with Crippen LogP contribution in [-0.4, -0.2) is 40.5 Å². The summed E-state index contributed by atoms with van der Waals surface area (Å²) in [6.07, 6.45) is 0.379. The molecule has 0 aliphatic carbocycles. The van der Waals surface area contributed by atoms with E-state index in [9.17, 15) is 14.7 Å². The second-order valence-electron chi connectivity index (χ2n) is 5.36. The van der Waals surface area contributed by atoms with Crippen LogP contribution in [0.3, 0.4) is 0 Å². The number of likely N-dealkylation sites (tertiary alicyclic amines) is 1. The Kier molecular flexibility index (Phi) is 3.43. The van der Waals surface area contributed by atoms with Crippen molar-refractivity contribution in [3.8, 4) is 0 Å². The molecule has 1 aromatic heterocycles. The minimum absolute atomic E-state index is 0.0744. The number of nitrogens with zero attached hydrogens (tertiary/aromatic N) is 1. The highest BCUT2D eigenvalue weighted by molar-refractivity contribution is 7.17. The molecule has 0 spiro atoms. The maximum atomic E-state index is 12.5.